The minimum atomic E-state index is -4.60. The standard InChI is InChI=1S/C20H18F3N5O3/c21-20(22,23)12-5-6-16(28-11-24-10-25-28)15(9-12)26-17(29)7-8-27-18(30)13-3-1-2-4-14(13)19(27)31/h1-2,5-6,9-11,13-14H,3-4,7-8H2,(H,26,29). The summed E-state index contributed by atoms with van der Waals surface area (Å²) in [5.41, 5.74) is -0.848. The van der Waals surface area contributed by atoms with Gasteiger partial charge in [-0.1, -0.05) is 12.2 Å². The second-order valence-corrected chi connectivity index (χ2v) is 7.35. The van der Waals surface area contributed by atoms with Crippen molar-refractivity contribution in [2.75, 3.05) is 11.9 Å². The molecule has 0 radical (unpaired) electrons. The lowest BCUT2D eigenvalue weighted by Gasteiger charge is -2.16. The van der Waals surface area contributed by atoms with Crippen LogP contribution in [0.15, 0.2) is 43.0 Å². The van der Waals surface area contributed by atoms with Crippen molar-refractivity contribution in [3.63, 3.8) is 0 Å². The first-order chi connectivity index (χ1) is 14.8. The van der Waals surface area contributed by atoms with E-state index in [1.165, 1.54) is 23.4 Å². The predicted molar refractivity (Wildman–Crippen MR) is 102 cm³/mol. The van der Waals surface area contributed by atoms with Gasteiger partial charge in [-0.15, -0.1) is 0 Å². The second kappa shape index (κ2) is 7.97. The van der Waals surface area contributed by atoms with Crippen LogP contribution in [0.3, 0.4) is 0 Å². The monoisotopic (exact) mass is 433 g/mol. The van der Waals surface area contributed by atoms with Crippen molar-refractivity contribution in [3.05, 3.63) is 48.6 Å². The van der Waals surface area contributed by atoms with Crippen molar-refractivity contribution in [2.24, 2.45) is 11.8 Å². The molecule has 1 saturated heterocycles. The van der Waals surface area contributed by atoms with E-state index in [2.05, 4.69) is 15.4 Å². The van der Waals surface area contributed by atoms with E-state index in [9.17, 15) is 27.6 Å². The van der Waals surface area contributed by atoms with Gasteiger partial charge in [0.25, 0.3) is 0 Å². The Bertz CT molecular complexity index is 1020. The van der Waals surface area contributed by atoms with Gasteiger partial charge in [-0.2, -0.15) is 18.3 Å². The Morgan fingerprint density at radius 2 is 1.81 bits per heavy atom. The Labute approximate surface area is 174 Å². The van der Waals surface area contributed by atoms with Crippen LogP contribution in [0.2, 0.25) is 0 Å². The summed E-state index contributed by atoms with van der Waals surface area (Å²) in [6.45, 7) is -0.131. The molecule has 4 rings (SSSR count). The zero-order chi connectivity index (χ0) is 22.2. The number of amides is 3. The van der Waals surface area contributed by atoms with Gasteiger partial charge in [-0.3, -0.25) is 19.3 Å². The van der Waals surface area contributed by atoms with E-state index in [4.69, 9.17) is 0 Å². The summed E-state index contributed by atoms with van der Waals surface area (Å²) in [6.07, 6.45) is 2.37. The number of aromatic nitrogens is 3. The number of allylic oxidation sites excluding steroid dienone is 2. The normalized spacial score (nSPS) is 20.8. The van der Waals surface area contributed by atoms with Gasteiger partial charge in [0.05, 0.1) is 28.8 Å². The molecule has 0 saturated carbocycles. The highest BCUT2D eigenvalue weighted by atomic mass is 19.4. The number of rotatable bonds is 5. The third-order valence-corrected chi connectivity index (χ3v) is 5.42. The van der Waals surface area contributed by atoms with Crippen LogP contribution in [0.4, 0.5) is 18.9 Å². The number of likely N-dealkylation sites (tertiary alicyclic amines) is 1. The number of carbonyl (C=O) groups excluding carboxylic acids is 3. The van der Waals surface area contributed by atoms with Crippen LogP contribution in [-0.4, -0.2) is 43.9 Å². The van der Waals surface area contributed by atoms with E-state index in [0.29, 0.717) is 12.8 Å². The average Bonchev–Trinajstić information content (AvgIpc) is 3.34. The van der Waals surface area contributed by atoms with Crippen molar-refractivity contribution < 1.29 is 27.6 Å². The molecule has 2 aliphatic rings. The van der Waals surface area contributed by atoms with Gasteiger partial charge in [-0.05, 0) is 31.0 Å². The fraction of sp³-hybridized carbons (Fsp3) is 0.350. The molecule has 2 heterocycles. The molecule has 1 aliphatic heterocycles. The highest BCUT2D eigenvalue weighted by Gasteiger charge is 2.46. The van der Waals surface area contributed by atoms with Crippen molar-refractivity contribution in [2.45, 2.75) is 25.4 Å². The lowest BCUT2D eigenvalue weighted by molar-refractivity contribution is -0.140. The molecule has 1 aromatic carbocycles. The molecule has 2 aromatic rings. The Balaban J connectivity index is 1.48. The molecular formula is C20H18F3N5O3. The number of carbonyl (C=O) groups is 3. The van der Waals surface area contributed by atoms with Crippen molar-refractivity contribution in [1.82, 2.24) is 19.7 Å². The fourth-order valence-corrected chi connectivity index (χ4v) is 3.86. The summed E-state index contributed by atoms with van der Waals surface area (Å²) < 4.78 is 40.6. The van der Waals surface area contributed by atoms with E-state index < -0.39 is 29.5 Å². The molecule has 1 aromatic heterocycles. The lowest BCUT2D eigenvalue weighted by atomic mass is 9.85. The molecule has 2 atom stereocenters. The Hall–Kier alpha value is -3.50. The number of hydrogen-bond donors (Lipinski definition) is 1. The van der Waals surface area contributed by atoms with Crippen LogP contribution in [-0.2, 0) is 20.6 Å². The van der Waals surface area contributed by atoms with Crippen LogP contribution in [0.5, 0.6) is 0 Å². The van der Waals surface area contributed by atoms with Crippen molar-refractivity contribution >= 4 is 23.4 Å². The third kappa shape index (κ3) is 4.07. The average molecular weight is 433 g/mol. The van der Waals surface area contributed by atoms with E-state index in [1.807, 2.05) is 12.2 Å². The molecule has 162 valence electrons. The molecule has 0 spiro atoms. The number of fused-ring (bicyclic) bond motifs is 1. The molecule has 1 N–H and O–H groups in total. The Kier molecular flexibility index (Phi) is 5.34. The third-order valence-electron chi connectivity index (χ3n) is 5.42. The summed E-state index contributed by atoms with van der Waals surface area (Å²) >= 11 is 0. The summed E-state index contributed by atoms with van der Waals surface area (Å²) in [6, 6.07) is 2.86. The molecule has 8 nitrogen and oxygen atoms in total. The lowest BCUT2D eigenvalue weighted by Crippen LogP contribution is -2.34. The SMILES string of the molecule is O=C(CCN1C(=O)C2CC=CCC2C1=O)Nc1cc(C(F)(F)F)ccc1-n1cncn1. The minimum absolute atomic E-state index is 0.109. The topological polar surface area (TPSA) is 97.2 Å². The number of halogens is 3. The number of hydrogen-bond acceptors (Lipinski definition) is 5. The van der Waals surface area contributed by atoms with Gasteiger partial charge in [0.1, 0.15) is 12.7 Å². The highest BCUT2D eigenvalue weighted by Crippen LogP contribution is 2.35. The largest absolute Gasteiger partial charge is 0.416 e. The maximum Gasteiger partial charge on any atom is 0.416 e. The van der Waals surface area contributed by atoms with E-state index >= 15 is 0 Å². The zero-order valence-electron chi connectivity index (χ0n) is 16.2. The van der Waals surface area contributed by atoms with Gasteiger partial charge >= 0.3 is 6.18 Å². The zero-order valence-corrected chi connectivity index (χ0v) is 16.2. The molecular weight excluding hydrogens is 415 g/mol. The first-order valence-corrected chi connectivity index (χ1v) is 9.62. The van der Waals surface area contributed by atoms with Crippen LogP contribution < -0.4 is 5.32 Å². The summed E-state index contributed by atoms with van der Waals surface area (Å²) in [7, 11) is 0. The smallest absolute Gasteiger partial charge is 0.324 e. The first-order valence-electron chi connectivity index (χ1n) is 9.62. The first kappa shape index (κ1) is 20.8. The van der Waals surface area contributed by atoms with Gasteiger partial charge in [0.2, 0.25) is 17.7 Å². The predicted octanol–water partition coefficient (Wildman–Crippen LogP) is 2.57. The number of alkyl halides is 3. The molecule has 2 unspecified atom stereocenters. The maximum absolute atomic E-state index is 13.1. The molecule has 1 fully saturated rings. The van der Waals surface area contributed by atoms with E-state index in [0.717, 1.165) is 17.0 Å². The number of nitrogens with zero attached hydrogens (tertiary/aromatic N) is 4. The Morgan fingerprint density at radius 1 is 1.13 bits per heavy atom. The maximum atomic E-state index is 13.1. The molecule has 3 amide bonds. The number of imide groups is 1. The number of benzene rings is 1. The van der Waals surface area contributed by atoms with Crippen LogP contribution in [0.1, 0.15) is 24.8 Å². The highest BCUT2D eigenvalue weighted by molar-refractivity contribution is 6.06. The summed E-state index contributed by atoms with van der Waals surface area (Å²) in [5, 5.41) is 6.32. The van der Waals surface area contributed by atoms with Gasteiger partial charge in [0.15, 0.2) is 0 Å². The molecule has 1 aliphatic carbocycles. The second-order valence-electron chi connectivity index (χ2n) is 7.35. The van der Waals surface area contributed by atoms with Crippen molar-refractivity contribution in [3.8, 4) is 5.69 Å². The number of anilines is 1. The van der Waals surface area contributed by atoms with Gasteiger partial charge in [0, 0.05) is 13.0 Å². The van der Waals surface area contributed by atoms with Gasteiger partial charge < -0.3 is 5.32 Å². The summed E-state index contributed by atoms with van der Waals surface area (Å²) in [5.74, 6) is -2.05. The van der Waals surface area contributed by atoms with Crippen molar-refractivity contribution in [1.29, 1.82) is 0 Å². The van der Waals surface area contributed by atoms with Gasteiger partial charge in [-0.25, -0.2) is 9.67 Å². The molecule has 0 bridgehead atoms. The van der Waals surface area contributed by atoms with Crippen LogP contribution in [0, 0.1) is 11.8 Å². The summed E-state index contributed by atoms with van der Waals surface area (Å²) in [4.78, 5) is 42.3. The van der Waals surface area contributed by atoms with Crippen LogP contribution >= 0.6 is 0 Å². The fourth-order valence-electron chi connectivity index (χ4n) is 3.86. The van der Waals surface area contributed by atoms with E-state index in [1.54, 1.807) is 0 Å². The number of nitrogens with one attached hydrogen (secondary N) is 1. The molecule has 31 heavy (non-hydrogen) atoms. The van der Waals surface area contributed by atoms with Crippen LogP contribution in [0.25, 0.3) is 5.69 Å². The molecule has 11 heteroatoms. The minimum Gasteiger partial charge on any atom is -0.324 e. The Morgan fingerprint density at radius 3 is 2.39 bits per heavy atom. The quantitative estimate of drug-likeness (QED) is 0.578. The van der Waals surface area contributed by atoms with E-state index in [-0.39, 0.29) is 36.2 Å².